The summed E-state index contributed by atoms with van der Waals surface area (Å²) in [5, 5.41) is 3.01. The van der Waals surface area contributed by atoms with E-state index in [2.05, 4.69) is 16.4 Å². The largest absolute Gasteiger partial charge is 0.461 e. The number of esters is 1. The molecular weight excluding hydrogens is 360 g/mol. The molecule has 0 atom stereocenters. The Balaban J connectivity index is 3.00. The first-order chi connectivity index (χ1) is 11.2. The van der Waals surface area contributed by atoms with Crippen LogP contribution in [0.15, 0.2) is 17.1 Å². The van der Waals surface area contributed by atoms with Crippen LogP contribution in [0.2, 0.25) is 0 Å². The van der Waals surface area contributed by atoms with E-state index >= 15 is 0 Å². The number of benzene rings is 1. The summed E-state index contributed by atoms with van der Waals surface area (Å²) in [6.07, 6.45) is 0. The molecule has 0 aliphatic rings. The van der Waals surface area contributed by atoms with E-state index in [1.165, 1.54) is 0 Å². The van der Waals surface area contributed by atoms with Gasteiger partial charge in [0, 0.05) is 16.9 Å². The van der Waals surface area contributed by atoms with Crippen molar-refractivity contribution in [3.05, 3.63) is 51.3 Å². The molecule has 0 radical (unpaired) electrons. The number of azide groups is 1. The third kappa shape index (κ3) is 4.22. The smallest absolute Gasteiger partial charge is 0.344 e. The molecule has 0 spiro atoms. The highest BCUT2D eigenvalue weighted by Gasteiger charge is 2.29. The van der Waals surface area contributed by atoms with Gasteiger partial charge in [-0.15, -0.1) is 0 Å². The second-order valence-corrected chi connectivity index (χ2v) is 5.62. The lowest BCUT2D eigenvalue weighted by molar-refractivity contribution is 0.0499. The molecule has 0 unspecified atom stereocenters. The average molecular weight is 368 g/mol. The van der Waals surface area contributed by atoms with Crippen LogP contribution < -0.4 is 4.72 Å². The standard InChI is InChI=1S/C11H8F4N4O4S/c1-2-24(21,22)17-3-4-23-11(20)5-6(12)8(14)10(18-19-16)9(15)7(5)13/h2,17H,1,3-4H2. The van der Waals surface area contributed by atoms with E-state index in [1.807, 2.05) is 9.63 Å². The molecule has 130 valence electrons. The van der Waals surface area contributed by atoms with Crippen molar-refractivity contribution in [3.63, 3.8) is 0 Å². The van der Waals surface area contributed by atoms with Crippen molar-refractivity contribution in [2.75, 3.05) is 13.2 Å². The Hall–Kier alpha value is -2.63. The van der Waals surface area contributed by atoms with Crippen LogP contribution in [-0.2, 0) is 14.8 Å². The van der Waals surface area contributed by atoms with Crippen LogP contribution in [0.3, 0.4) is 0 Å². The molecule has 0 saturated carbocycles. The van der Waals surface area contributed by atoms with Crippen molar-refractivity contribution in [3.8, 4) is 0 Å². The zero-order chi connectivity index (χ0) is 18.5. The highest BCUT2D eigenvalue weighted by Crippen LogP contribution is 2.30. The molecule has 24 heavy (non-hydrogen) atoms. The van der Waals surface area contributed by atoms with Gasteiger partial charge in [-0.05, 0) is 5.53 Å². The van der Waals surface area contributed by atoms with Gasteiger partial charge >= 0.3 is 5.97 Å². The van der Waals surface area contributed by atoms with Crippen LogP contribution in [0.25, 0.3) is 10.4 Å². The first kappa shape index (κ1) is 19.4. The predicted octanol–water partition coefficient (Wildman–Crippen LogP) is 2.40. The molecule has 0 bridgehead atoms. The molecular formula is C11H8F4N4O4S. The number of hydrogen-bond acceptors (Lipinski definition) is 5. The zero-order valence-electron chi connectivity index (χ0n) is 11.6. The summed E-state index contributed by atoms with van der Waals surface area (Å²) in [5.74, 6) is -10.2. The van der Waals surface area contributed by atoms with E-state index in [4.69, 9.17) is 5.53 Å². The summed E-state index contributed by atoms with van der Waals surface area (Å²) in [6.45, 7) is 1.82. The summed E-state index contributed by atoms with van der Waals surface area (Å²) >= 11 is 0. The Bertz CT molecular complexity index is 808. The number of halogens is 4. The fourth-order valence-corrected chi connectivity index (χ4v) is 1.88. The topological polar surface area (TPSA) is 121 Å². The van der Waals surface area contributed by atoms with Gasteiger partial charge in [-0.1, -0.05) is 11.7 Å². The van der Waals surface area contributed by atoms with Crippen LogP contribution in [0.1, 0.15) is 10.4 Å². The van der Waals surface area contributed by atoms with Crippen molar-refractivity contribution >= 4 is 21.7 Å². The van der Waals surface area contributed by atoms with Gasteiger partial charge < -0.3 is 4.74 Å². The molecule has 0 heterocycles. The fraction of sp³-hybridized carbons (Fsp3) is 0.182. The molecule has 0 aliphatic heterocycles. The molecule has 0 aliphatic carbocycles. The van der Waals surface area contributed by atoms with Gasteiger partial charge in [0.1, 0.15) is 17.9 Å². The molecule has 0 amide bonds. The zero-order valence-corrected chi connectivity index (χ0v) is 12.4. The van der Waals surface area contributed by atoms with Crippen molar-refractivity contribution in [1.82, 2.24) is 4.72 Å². The second-order valence-electron chi connectivity index (χ2n) is 3.91. The molecule has 1 rings (SSSR count). The van der Waals surface area contributed by atoms with Gasteiger partial charge in [-0.3, -0.25) is 0 Å². The van der Waals surface area contributed by atoms with Gasteiger partial charge in [0.15, 0.2) is 23.3 Å². The predicted molar refractivity (Wildman–Crippen MR) is 72.5 cm³/mol. The highest BCUT2D eigenvalue weighted by atomic mass is 32.2. The summed E-state index contributed by atoms with van der Waals surface area (Å²) < 4.78 is 82.4. The average Bonchev–Trinajstić information content (AvgIpc) is 2.54. The van der Waals surface area contributed by atoms with Gasteiger partial charge in [0.25, 0.3) is 0 Å². The quantitative estimate of drug-likeness (QED) is 0.151. The molecule has 1 N–H and O–H groups in total. The Morgan fingerprint density at radius 2 is 1.79 bits per heavy atom. The van der Waals surface area contributed by atoms with E-state index in [9.17, 15) is 30.8 Å². The van der Waals surface area contributed by atoms with Crippen LogP contribution in [-0.4, -0.2) is 27.5 Å². The van der Waals surface area contributed by atoms with Crippen LogP contribution >= 0.6 is 0 Å². The fourth-order valence-electron chi connectivity index (χ4n) is 1.39. The molecule has 1 aromatic carbocycles. The van der Waals surface area contributed by atoms with Crippen molar-refractivity contribution in [1.29, 1.82) is 0 Å². The number of nitrogens with one attached hydrogen (secondary N) is 1. The summed E-state index contributed by atoms with van der Waals surface area (Å²) in [7, 11) is -3.82. The molecule has 1 aromatic rings. The first-order valence-corrected chi connectivity index (χ1v) is 7.41. The molecule has 0 fully saturated rings. The minimum atomic E-state index is -3.82. The van der Waals surface area contributed by atoms with Gasteiger partial charge in [-0.2, -0.15) is 0 Å². The molecule has 13 heteroatoms. The van der Waals surface area contributed by atoms with Crippen LogP contribution in [0.5, 0.6) is 0 Å². The highest BCUT2D eigenvalue weighted by molar-refractivity contribution is 7.92. The van der Waals surface area contributed by atoms with Crippen molar-refractivity contribution in [2.45, 2.75) is 0 Å². The van der Waals surface area contributed by atoms with Crippen molar-refractivity contribution < 1.29 is 35.5 Å². The maximum Gasteiger partial charge on any atom is 0.344 e. The lowest BCUT2D eigenvalue weighted by Gasteiger charge is -2.09. The second kappa shape index (κ2) is 7.77. The van der Waals surface area contributed by atoms with E-state index in [1.54, 1.807) is 0 Å². The Morgan fingerprint density at radius 1 is 1.25 bits per heavy atom. The Labute approximate surface area is 132 Å². The normalized spacial score (nSPS) is 10.8. The summed E-state index contributed by atoms with van der Waals surface area (Å²) in [6, 6.07) is 0. The van der Waals surface area contributed by atoms with E-state index in [0.717, 1.165) is 0 Å². The van der Waals surface area contributed by atoms with E-state index in [-0.39, 0.29) is 0 Å². The molecule has 0 saturated heterocycles. The summed E-state index contributed by atoms with van der Waals surface area (Å²) in [4.78, 5) is 13.5. The molecule has 0 aromatic heterocycles. The maximum atomic E-state index is 13.6. The summed E-state index contributed by atoms with van der Waals surface area (Å²) in [5.41, 5.74) is 4.82. The number of ether oxygens (including phenoxy) is 1. The lowest BCUT2D eigenvalue weighted by atomic mass is 10.1. The Morgan fingerprint density at radius 3 is 2.25 bits per heavy atom. The number of carbonyl (C=O) groups is 1. The number of nitrogens with zero attached hydrogens (tertiary/aromatic N) is 3. The van der Waals surface area contributed by atoms with E-state index < -0.39 is 63.7 Å². The minimum absolute atomic E-state index is 0.481. The maximum absolute atomic E-state index is 13.6. The third-order valence-corrected chi connectivity index (χ3v) is 3.49. The number of sulfonamides is 1. The van der Waals surface area contributed by atoms with Gasteiger partial charge in [-0.25, -0.2) is 35.5 Å². The minimum Gasteiger partial charge on any atom is -0.461 e. The van der Waals surface area contributed by atoms with Gasteiger partial charge in [0.05, 0.1) is 0 Å². The number of rotatable bonds is 7. The van der Waals surface area contributed by atoms with E-state index in [0.29, 0.717) is 5.41 Å². The van der Waals surface area contributed by atoms with Crippen molar-refractivity contribution in [2.24, 2.45) is 5.11 Å². The SMILES string of the molecule is C=CS(=O)(=O)NCCOC(=O)c1c(F)c(F)c(N=[N+]=[N-])c(F)c1F. The Kier molecular flexibility index (Phi) is 6.28. The first-order valence-electron chi connectivity index (χ1n) is 5.86. The molecule has 8 nitrogen and oxygen atoms in total. The van der Waals surface area contributed by atoms with Crippen LogP contribution in [0.4, 0.5) is 23.2 Å². The van der Waals surface area contributed by atoms with Crippen LogP contribution in [0, 0.1) is 23.3 Å². The lowest BCUT2D eigenvalue weighted by Crippen LogP contribution is -2.26. The number of hydrogen-bond donors (Lipinski definition) is 1. The number of carbonyl (C=O) groups excluding carboxylic acids is 1. The third-order valence-electron chi connectivity index (χ3n) is 2.45. The monoisotopic (exact) mass is 368 g/mol. The van der Waals surface area contributed by atoms with Gasteiger partial charge in [0.2, 0.25) is 10.0 Å².